The molecule has 1 amide bonds. The van der Waals surface area contributed by atoms with Crippen molar-refractivity contribution in [2.45, 2.75) is 0 Å². The molecule has 7 heteroatoms. The Labute approximate surface area is 176 Å². The van der Waals surface area contributed by atoms with Crippen molar-refractivity contribution in [1.29, 1.82) is 0 Å². The summed E-state index contributed by atoms with van der Waals surface area (Å²) in [6.07, 6.45) is 2.98. The van der Waals surface area contributed by atoms with E-state index in [1.54, 1.807) is 30.3 Å². The van der Waals surface area contributed by atoms with E-state index in [0.29, 0.717) is 20.6 Å². The van der Waals surface area contributed by atoms with Crippen LogP contribution in [0.4, 0.5) is 5.00 Å². The number of carbonyl (C=O) groups is 2. The zero-order chi connectivity index (χ0) is 20.1. The molecule has 142 valence electrons. The van der Waals surface area contributed by atoms with E-state index in [2.05, 4.69) is 5.32 Å². The molecule has 0 unspecified atom stereocenters. The fourth-order valence-corrected chi connectivity index (χ4v) is 3.79. The summed E-state index contributed by atoms with van der Waals surface area (Å²) in [5.41, 5.74) is 1.99. The number of halogens is 2. The van der Waals surface area contributed by atoms with Gasteiger partial charge in [-0.3, -0.25) is 4.79 Å². The van der Waals surface area contributed by atoms with Crippen molar-refractivity contribution >= 4 is 57.5 Å². The third-order valence-electron chi connectivity index (χ3n) is 3.80. The summed E-state index contributed by atoms with van der Waals surface area (Å²) in [5.74, 6) is -0.889. The molecule has 0 saturated carbocycles. The number of hydrogen-bond donors (Lipinski definition) is 1. The Morgan fingerprint density at radius 2 is 1.79 bits per heavy atom. The molecule has 0 radical (unpaired) electrons. The summed E-state index contributed by atoms with van der Waals surface area (Å²) in [4.78, 5) is 25.3. The fourth-order valence-electron chi connectivity index (χ4n) is 2.43. The number of esters is 1. The van der Waals surface area contributed by atoms with Crippen molar-refractivity contribution in [3.8, 4) is 10.4 Å². The number of carbonyl (C=O) groups excluding carboxylic acids is 2. The summed E-state index contributed by atoms with van der Waals surface area (Å²) in [7, 11) is 1.30. The van der Waals surface area contributed by atoms with Crippen molar-refractivity contribution in [3.63, 3.8) is 0 Å². The standard InChI is InChI=1S/C21H15Cl2NO3S/c1-27-21(26)15-12-18(14-5-3-2-4-6-14)28-20(15)24-19(25)10-8-13-7-9-16(22)17(23)11-13/h2-12H,1H3,(H,24,25). The molecule has 3 aromatic rings. The average molecular weight is 432 g/mol. The van der Waals surface area contributed by atoms with Crippen LogP contribution in [-0.2, 0) is 9.53 Å². The molecule has 1 N–H and O–H groups in total. The maximum atomic E-state index is 12.3. The highest BCUT2D eigenvalue weighted by Crippen LogP contribution is 2.36. The molecule has 0 aliphatic carbocycles. The predicted octanol–water partition coefficient (Wildman–Crippen LogP) is 6.16. The van der Waals surface area contributed by atoms with E-state index in [0.717, 1.165) is 16.0 Å². The number of methoxy groups -OCH3 is 1. The first kappa shape index (κ1) is 20.1. The van der Waals surface area contributed by atoms with Crippen LogP contribution in [0.2, 0.25) is 10.0 Å². The molecule has 1 aromatic heterocycles. The van der Waals surface area contributed by atoms with Gasteiger partial charge in [0.05, 0.1) is 22.7 Å². The van der Waals surface area contributed by atoms with E-state index in [9.17, 15) is 9.59 Å². The van der Waals surface area contributed by atoms with Gasteiger partial charge in [-0.15, -0.1) is 11.3 Å². The first-order chi connectivity index (χ1) is 13.5. The van der Waals surface area contributed by atoms with Crippen LogP contribution >= 0.6 is 34.5 Å². The predicted molar refractivity (Wildman–Crippen MR) is 115 cm³/mol. The summed E-state index contributed by atoms with van der Waals surface area (Å²) in [5, 5.41) is 4.02. The highest BCUT2D eigenvalue weighted by atomic mass is 35.5. The fraction of sp³-hybridized carbons (Fsp3) is 0.0476. The number of amides is 1. The molecule has 1 heterocycles. The SMILES string of the molecule is COC(=O)c1cc(-c2ccccc2)sc1NC(=O)C=Cc1ccc(Cl)c(Cl)c1. The van der Waals surface area contributed by atoms with Gasteiger partial charge in [-0.2, -0.15) is 0 Å². The van der Waals surface area contributed by atoms with Gasteiger partial charge in [0.15, 0.2) is 0 Å². The molecule has 0 fully saturated rings. The number of hydrogen-bond acceptors (Lipinski definition) is 4. The first-order valence-corrected chi connectivity index (χ1v) is 9.77. The maximum Gasteiger partial charge on any atom is 0.340 e. The van der Waals surface area contributed by atoms with Gasteiger partial charge in [0.1, 0.15) is 5.00 Å². The zero-order valence-corrected chi connectivity index (χ0v) is 17.1. The molecule has 0 saturated heterocycles. The lowest BCUT2D eigenvalue weighted by molar-refractivity contribution is -0.111. The number of ether oxygens (including phenoxy) is 1. The van der Waals surface area contributed by atoms with E-state index in [4.69, 9.17) is 27.9 Å². The van der Waals surface area contributed by atoms with Gasteiger partial charge >= 0.3 is 5.97 Å². The Hall–Kier alpha value is -2.60. The monoisotopic (exact) mass is 431 g/mol. The smallest absolute Gasteiger partial charge is 0.340 e. The largest absolute Gasteiger partial charge is 0.465 e. The van der Waals surface area contributed by atoms with Crippen molar-refractivity contribution in [2.75, 3.05) is 12.4 Å². The van der Waals surface area contributed by atoms with Gasteiger partial charge < -0.3 is 10.1 Å². The van der Waals surface area contributed by atoms with Crippen molar-refractivity contribution < 1.29 is 14.3 Å². The number of thiophene rings is 1. The highest BCUT2D eigenvalue weighted by molar-refractivity contribution is 7.20. The van der Waals surface area contributed by atoms with E-state index in [1.165, 1.54) is 24.5 Å². The van der Waals surface area contributed by atoms with E-state index < -0.39 is 5.97 Å². The average Bonchev–Trinajstić information content (AvgIpc) is 3.12. The molecule has 0 aliphatic heterocycles. The van der Waals surface area contributed by atoms with Crippen LogP contribution in [0.15, 0.2) is 60.7 Å². The number of rotatable bonds is 5. The molecule has 0 spiro atoms. The molecular weight excluding hydrogens is 417 g/mol. The Morgan fingerprint density at radius 3 is 2.46 bits per heavy atom. The van der Waals surface area contributed by atoms with Crippen LogP contribution in [0.25, 0.3) is 16.5 Å². The maximum absolute atomic E-state index is 12.3. The second kappa shape index (κ2) is 9.06. The Balaban J connectivity index is 1.82. The third-order valence-corrected chi connectivity index (χ3v) is 5.64. The Bertz CT molecular complexity index is 1050. The molecule has 2 aromatic carbocycles. The molecule has 0 atom stereocenters. The third kappa shape index (κ3) is 4.81. The summed E-state index contributed by atoms with van der Waals surface area (Å²) >= 11 is 13.2. The number of benzene rings is 2. The molecule has 0 aliphatic rings. The first-order valence-electron chi connectivity index (χ1n) is 8.19. The minimum atomic E-state index is -0.512. The van der Waals surface area contributed by atoms with Crippen LogP contribution in [0.1, 0.15) is 15.9 Å². The van der Waals surface area contributed by atoms with Gasteiger partial charge in [-0.25, -0.2) is 4.79 Å². The van der Waals surface area contributed by atoms with Crippen LogP contribution in [-0.4, -0.2) is 19.0 Å². The lowest BCUT2D eigenvalue weighted by Crippen LogP contribution is -2.10. The van der Waals surface area contributed by atoms with Crippen LogP contribution < -0.4 is 5.32 Å². The number of anilines is 1. The van der Waals surface area contributed by atoms with E-state index in [-0.39, 0.29) is 5.91 Å². The van der Waals surface area contributed by atoms with E-state index >= 15 is 0 Å². The lowest BCUT2D eigenvalue weighted by Gasteiger charge is -2.02. The van der Waals surface area contributed by atoms with Gasteiger partial charge in [0, 0.05) is 11.0 Å². The van der Waals surface area contributed by atoms with Gasteiger partial charge in [0.2, 0.25) is 5.91 Å². The van der Waals surface area contributed by atoms with Gasteiger partial charge in [0.25, 0.3) is 0 Å². The zero-order valence-electron chi connectivity index (χ0n) is 14.7. The van der Waals surface area contributed by atoms with Gasteiger partial charge in [-0.1, -0.05) is 59.6 Å². The Kier molecular flexibility index (Phi) is 6.52. The molecular formula is C21H15Cl2NO3S. The topological polar surface area (TPSA) is 55.4 Å². The van der Waals surface area contributed by atoms with Crippen LogP contribution in [0.3, 0.4) is 0 Å². The summed E-state index contributed by atoms with van der Waals surface area (Å²) < 4.78 is 4.83. The van der Waals surface area contributed by atoms with Crippen LogP contribution in [0.5, 0.6) is 0 Å². The normalized spacial score (nSPS) is 10.8. The lowest BCUT2D eigenvalue weighted by atomic mass is 10.1. The summed E-state index contributed by atoms with van der Waals surface area (Å²) in [6.45, 7) is 0. The van der Waals surface area contributed by atoms with Crippen molar-refractivity contribution in [1.82, 2.24) is 0 Å². The second-order valence-electron chi connectivity index (χ2n) is 5.71. The highest BCUT2D eigenvalue weighted by Gasteiger charge is 2.18. The Morgan fingerprint density at radius 1 is 1.04 bits per heavy atom. The quantitative estimate of drug-likeness (QED) is 0.388. The number of nitrogens with one attached hydrogen (secondary N) is 1. The van der Waals surface area contributed by atoms with Crippen LogP contribution in [0, 0.1) is 0 Å². The van der Waals surface area contributed by atoms with E-state index in [1.807, 2.05) is 30.3 Å². The molecule has 4 nitrogen and oxygen atoms in total. The molecule has 28 heavy (non-hydrogen) atoms. The molecule has 3 rings (SSSR count). The van der Waals surface area contributed by atoms with Gasteiger partial charge in [-0.05, 0) is 35.4 Å². The van der Waals surface area contributed by atoms with Crippen molar-refractivity contribution in [3.05, 3.63) is 81.8 Å². The molecule has 0 bridgehead atoms. The minimum Gasteiger partial charge on any atom is -0.465 e. The minimum absolute atomic E-state index is 0.308. The van der Waals surface area contributed by atoms with Crippen molar-refractivity contribution in [2.24, 2.45) is 0 Å². The summed E-state index contributed by atoms with van der Waals surface area (Å²) in [6, 6.07) is 16.4. The second-order valence-corrected chi connectivity index (χ2v) is 7.57.